The molecule has 1 aromatic rings. The highest BCUT2D eigenvalue weighted by atomic mass is 16.5. The molecule has 0 spiro atoms. The number of piperidine rings is 1. The van der Waals surface area contributed by atoms with Crippen molar-refractivity contribution in [1.29, 1.82) is 0 Å². The molecule has 0 radical (unpaired) electrons. The van der Waals surface area contributed by atoms with Crippen LogP contribution in [0.3, 0.4) is 0 Å². The Morgan fingerprint density at radius 2 is 2.30 bits per heavy atom. The summed E-state index contributed by atoms with van der Waals surface area (Å²) in [5.74, 6) is 0.633. The molecule has 2 rings (SSSR count). The van der Waals surface area contributed by atoms with E-state index in [1.54, 1.807) is 13.3 Å². The van der Waals surface area contributed by atoms with E-state index in [2.05, 4.69) is 11.1 Å². The minimum atomic E-state index is -0.533. The Balaban J connectivity index is 1.79. The first-order valence-corrected chi connectivity index (χ1v) is 7.13. The van der Waals surface area contributed by atoms with Crippen LogP contribution < -0.4 is 5.73 Å². The number of carbonyl (C=O) groups is 1. The molecule has 1 aromatic heterocycles. The van der Waals surface area contributed by atoms with E-state index in [0.29, 0.717) is 5.92 Å². The van der Waals surface area contributed by atoms with Crippen LogP contribution in [-0.2, 0) is 16.0 Å². The van der Waals surface area contributed by atoms with Gasteiger partial charge in [0, 0.05) is 32.6 Å². The molecule has 1 unspecified atom stereocenters. The number of carbonyl (C=O) groups excluding carboxylic acids is 1. The van der Waals surface area contributed by atoms with Crippen LogP contribution in [0.4, 0.5) is 0 Å². The zero-order chi connectivity index (χ0) is 14.4. The predicted molar refractivity (Wildman–Crippen MR) is 77.1 cm³/mol. The average molecular weight is 277 g/mol. The number of hydrogen-bond donors (Lipinski definition) is 1. The van der Waals surface area contributed by atoms with Crippen molar-refractivity contribution < 1.29 is 9.53 Å². The molecule has 1 aliphatic rings. The Labute approximate surface area is 120 Å². The van der Waals surface area contributed by atoms with E-state index in [1.807, 2.05) is 17.2 Å². The Bertz CT molecular complexity index is 416. The lowest BCUT2D eigenvalue weighted by Crippen LogP contribution is -2.49. The monoisotopic (exact) mass is 277 g/mol. The molecular weight excluding hydrogens is 254 g/mol. The molecule has 1 aliphatic heterocycles. The molecule has 0 aliphatic carbocycles. The molecule has 5 heteroatoms. The van der Waals surface area contributed by atoms with Crippen molar-refractivity contribution in [2.24, 2.45) is 11.7 Å². The second-order valence-corrected chi connectivity index (χ2v) is 5.40. The summed E-state index contributed by atoms with van der Waals surface area (Å²) in [6.45, 7) is 1.87. The van der Waals surface area contributed by atoms with Gasteiger partial charge >= 0.3 is 0 Å². The normalized spacial score (nSPS) is 18.0. The van der Waals surface area contributed by atoms with Crippen LogP contribution in [0.2, 0.25) is 0 Å². The second kappa shape index (κ2) is 7.36. The maximum Gasteiger partial charge on any atom is 0.241 e. The van der Waals surface area contributed by atoms with Gasteiger partial charge in [-0.3, -0.25) is 9.78 Å². The number of hydrogen-bond acceptors (Lipinski definition) is 4. The maximum absolute atomic E-state index is 12.1. The van der Waals surface area contributed by atoms with Gasteiger partial charge in [0.05, 0.1) is 6.61 Å². The standard InChI is InChI=1S/C15H23N3O2/c1-20-11-14(16)15(19)18-7-4-12(5-8-18)9-13-3-2-6-17-10-13/h2-3,6,10,12,14H,4-5,7-9,11,16H2,1H3. The van der Waals surface area contributed by atoms with E-state index >= 15 is 0 Å². The molecule has 2 heterocycles. The van der Waals surface area contributed by atoms with E-state index in [-0.39, 0.29) is 12.5 Å². The molecule has 0 aromatic carbocycles. The smallest absolute Gasteiger partial charge is 0.241 e. The lowest BCUT2D eigenvalue weighted by Gasteiger charge is -2.33. The number of pyridine rings is 1. The van der Waals surface area contributed by atoms with Crippen molar-refractivity contribution in [1.82, 2.24) is 9.88 Å². The van der Waals surface area contributed by atoms with E-state index in [9.17, 15) is 4.79 Å². The van der Waals surface area contributed by atoms with Crippen molar-refractivity contribution >= 4 is 5.91 Å². The maximum atomic E-state index is 12.1. The van der Waals surface area contributed by atoms with Gasteiger partial charge < -0.3 is 15.4 Å². The molecular formula is C15H23N3O2. The fourth-order valence-corrected chi connectivity index (χ4v) is 2.70. The van der Waals surface area contributed by atoms with Gasteiger partial charge in [-0.1, -0.05) is 6.07 Å². The molecule has 2 N–H and O–H groups in total. The summed E-state index contributed by atoms with van der Waals surface area (Å²) in [6.07, 6.45) is 6.81. The minimum absolute atomic E-state index is 0.00618. The highest BCUT2D eigenvalue weighted by Gasteiger charge is 2.26. The average Bonchev–Trinajstić information content (AvgIpc) is 2.48. The van der Waals surface area contributed by atoms with Crippen LogP contribution in [0.5, 0.6) is 0 Å². The van der Waals surface area contributed by atoms with Gasteiger partial charge in [0.15, 0.2) is 0 Å². The second-order valence-electron chi connectivity index (χ2n) is 5.40. The van der Waals surface area contributed by atoms with Crippen LogP contribution >= 0.6 is 0 Å². The zero-order valence-electron chi connectivity index (χ0n) is 12.0. The topological polar surface area (TPSA) is 68.5 Å². The first kappa shape index (κ1) is 14.9. The molecule has 5 nitrogen and oxygen atoms in total. The Hall–Kier alpha value is -1.46. The summed E-state index contributed by atoms with van der Waals surface area (Å²) in [4.78, 5) is 18.1. The molecule has 1 amide bonds. The van der Waals surface area contributed by atoms with Gasteiger partial charge in [0.2, 0.25) is 5.91 Å². The van der Waals surface area contributed by atoms with Crippen LogP contribution in [0.15, 0.2) is 24.5 Å². The first-order valence-electron chi connectivity index (χ1n) is 7.13. The number of methoxy groups -OCH3 is 1. The van der Waals surface area contributed by atoms with Crippen LogP contribution in [0.25, 0.3) is 0 Å². The Morgan fingerprint density at radius 1 is 1.55 bits per heavy atom. The molecule has 20 heavy (non-hydrogen) atoms. The fraction of sp³-hybridized carbons (Fsp3) is 0.600. The summed E-state index contributed by atoms with van der Waals surface area (Å²) < 4.78 is 4.94. The third-order valence-corrected chi connectivity index (χ3v) is 3.84. The van der Waals surface area contributed by atoms with Crippen LogP contribution in [0.1, 0.15) is 18.4 Å². The van der Waals surface area contributed by atoms with Crippen LogP contribution in [0, 0.1) is 5.92 Å². The van der Waals surface area contributed by atoms with E-state index < -0.39 is 6.04 Å². The van der Waals surface area contributed by atoms with Crippen molar-refractivity contribution in [3.63, 3.8) is 0 Å². The predicted octanol–water partition coefficient (Wildman–Crippen LogP) is 0.836. The number of rotatable bonds is 5. The zero-order valence-corrected chi connectivity index (χ0v) is 12.0. The SMILES string of the molecule is COCC(N)C(=O)N1CCC(Cc2cccnc2)CC1. The minimum Gasteiger partial charge on any atom is -0.383 e. The van der Waals surface area contributed by atoms with Crippen molar-refractivity contribution in [3.8, 4) is 0 Å². The lowest BCUT2D eigenvalue weighted by molar-refractivity contribution is -0.135. The summed E-state index contributed by atoms with van der Waals surface area (Å²) in [7, 11) is 1.56. The Kier molecular flexibility index (Phi) is 5.49. The van der Waals surface area contributed by atoms with Crippen molar-refractivity contribution in [3.05, 3.63) is 30.1 Å². The van der Waals surface area contributed by atoms with E-state index in [1.165, 1.54) is 5.56 Å². The summed E-state index contributed by atoms with van der Waals surface area (Å²) in [5, 5.41) is 0. The molecule has 110 valence electrons. The molecule has 1 fully saturated rings. The highest BCUT2D eigenvalue weighted by Crippen LogP contribution is 2.21. The summed E-state index contributed by atoms with van der Waals surface area (Å²) in [6, 6.07) is 3.55. The molecule has 0 saturated carbocycles. The van der Waals surface area contributed by atoms with Gasteiger partial charge in [-0.05, 0) is 36.8 Å². The van der Waals surface area contributed by atoms with E-state index in [4.69, 9.17) is 10.5 Å². The summed E-state index contributed by atoms with van der Waals surface area (Å²) >= 11 is 0. The third-order valence-electron chi connectivity index (χ3n) is 3.84. The Morgan fingerprint density at radius 3 is 2.90 bits per heavy atom. The highest BCUT2D eigenvalue weighted by molar-refractivity contribution is 5.81. The third kappa shape index (κ3) is 4.02. The quantitative estimate of drug-likeness (QED) is 0.866. The number of ether oxygens (including phenoxy) is 1. The lowest BCUT2D eigenvalue weighted by atomic mass is 9.90. The van der Waals surface area contributed by atoms with Gasteiger partial charge in [-0.15, -0.1) is 0 Å². The fourth-order valence-electron chi connectivity index (χ4n) is 2.70. The number of nitrogens with two attached hydrogens (primary N) is 1. The first-order chi connectivity index (χ1) is 9.70. The van der Waals surface area contributed by atoms with Crippen molar-refractivity contribution in [2.45, 2.75) is 25.3 Å². The van der Waals surface area contributed by atoms with Gasteiger partial charge in [0.1, 0.15) is 6.04 Å². The van der Waals surface area contributed by atoms with Crippen molar-refractivity contribution in [2.75, 3.05) is 26.8 Å². The molecule has 1 saturated heterocycles. The summed E-state index contributed by atoms with van der Waals surface area (Å²) in [5.41, 5.74) is 7.06. The number of nitrogens with zero attached hydrogens (tertiary/aromatic N) is 2. The van der Waals surface area contributed by atoms with Gasteiger partial charge in [0.25, 0.3) is 0 Å². The molecule has 1 atom stereocenters. The largest absolute Gasteiger partial charge is 0.383 e. The number of likely N-dealkylation sites (tertiary alicyclic amines) is 1. The number of aromatic nitrogens is 1. The van der Waals surface area contributed by atoms with E-state index in [0.717, 1.165) is 32.4 Å². The number of amides is 1. The molecule has 0 bridgehead atoms. The van der Waals surface area contributed by atoms with Crippen LogP contribution in [-0.4, -0.2) is 48.6 Å². The van der Waals surface area contributed by atoms with Gasteiger partial charge in [-0.25, -0.2) is 0 Å². The van der Waals surface area contributed by atoms with Gasteiger partial charge in [-0.2, -0.15) is 0 Å².